The van der Waals surface area contributed by atoms with Gasteiger partial charge in [-0.2, -0.15) is 0 Å². The monoisotopic (exact) mass is 299 g/mol. The van der Waals surface area contributed by atoms with Crippen molar-refractivity contribution in [2.75, 3.05) is 7.05 Å². The van der Waals surface area contributed by atoms with Gasteiger partial charge in [0, 0.05) is 17.1 Å². The lowest BCUT2D eigenvalue weighted by atomic mass is 10.2. The zero-order valence-corrected chi connectivity index (χ0v) is 11.2. The summed E-state index contributed by atoms with van der Waals surface area (Å²) in [6.45, 7) is 1.61. The van der Waals surface area contributed by atoms with E-state index in [2.05, 4.69) is 32.1 Å². The third-order valence-electron chi connectivity index (χ3n) is 2.10. The molecule has 0 saturated carbocycles. The highest BCUT2D eigenvalue weighted by molar-refractivity contribution is 9.10. The standard InChI is InChI=1S/C11H14BrN3O2/c1-7(10(16)15-13-2)14-11(17)8-3-5-9(12)6-4-8/h3-7,13H,1-2H3,(H,14,17)(H,15,16)/t7-/m0/s1. The molecule has 0 bridgehead atoms. The SMILES string of the molecule is CNNC(=O)[C@H](C)NC(=O)c1ccc(Br)cc1. The molecule has 92 valence electrons. The van der Waals surface area contributed by atoms with Crippen LogP contribution in [0.5, 0.6) is 0 Å². The van der Waals surface area contributed by atoms with Crippen molar-refractivity contribution in [3.05, 3.63) is 34.3 Å². The Labute approximate surface area is 108 Å². The molecule has 1 aromatic carbocycles. The molecule has 6 heteroatoms. The van der Waals surface area contributed by atoms with Gasteiger partial charge in [0.1, 0.15) is 6.04 Å². The third kappa shape index (κ3) is 4.16. The van der Waals surface area contributed by atoms with Crippen LogP contribution in [0.25, 0.3) is 0 Å². The maximum atomic E-state index is 11.7. The Morgan fingerprint density at radius 3 is 2.35 bits per heavy atom. The van der Waals surface area contributed by atoms with E-state index in [1.807, 2.05) is 0 Å². The van der Waals surface area contributed by atoms with Gasteiger partial charge in [0.25, 0.3) is 11.8 Å². The maximum absolute atomic E-state index is 11.7. The second-order valence-corrected chi connectivity index (χ2v) is 4.36. The highest BCUT2D eigenvalue weighted by atomic mass is 79.9. The average molecular weight is 300 g/mol. The highest BCUT2D eigenvalue weighted by Gasteiger charge is 2.15. The van der Waals surface area contributed by atoms with Crippen molar-refractivity contribution in [1.82, 2.24) is 16.2 Å². The molecule has 17 heavy (non-hydrogen) atoms. The largest absolute Gasteiger partial charge is 0.340 e. The summed E-state index contributed by atoms with van der Waals surface area (Å²) >= 11 is 3.29. The van der Waals surface area contributed by atoms with Gasteiger partial charge < -0.3 is 5.32 Å². The Kier molecular flexibility index (Phi) is 5.11. The molecule has 3 N–H and O–H groups in total. The first-order valence-electron chi connectivity index (χ1n) is 5.07. The predicted octanol–water partition coefficient (Wildman–Crippen LogP) is 0.818. The Morgan fingerprint density at radius 1 is 1.24 bits per heavy atom. The van der Waals surface area contributed by atoms with E-state index in [9.17, 15) is 9.59 Å². The summed E-state index contributed by atoms with van der Waals surface area (Å²) in [5.74, 6) is -0.575. The summed E-state index contributed by atoms with van der Waals surface area (Å²) < 4.78 is 0.898. The summed E-state index contributed by atoms with van der Waals surface area (Å²) in [6.07, 6.45) is 0. The molecule has 2 amide bonds. The van der Waals surface area contributed by atoms with Crippen LogP contribution in [0.2, 0.25) is 0 Å². The summed E-state index contributed by atoms with van der Waals surface area (Å²) in [7, 11) is 1.58. The molecule has 0 spiro atoms. The number of amides is 2. The first-order chi connectivity index (χ1) is 8.04. The molecule has 0 fully saturated rings. The number of hydrogen-bond donors (Lipinski definition) is 3. The molecule has 1 rings (SSSR count). The second kappa shape index (κ2) is 6.36. The smallest absolute Gasteiger partial charge is 0.256 e. The van der Waals surface area contributed by atoms with Crippen molar-refractivity contribution in [2.24, 2.45) is 0 Å². The van der Waals surface area contributed by atoms with Gasteiger partial charge in [-0.1, -0.05) is 15.9 Å². The molecule has 0 unspecified atom stereocenters. The number of hydrazine groups is 1. The first kappa shape index (κ1) is 13.7. The van der Waals surface area contributed by atoms with Crippen LogP contribution in [0.3, 0.4) is 0 Å². The highest BCUT2D eigenvalue weighted by Crippen LogP contribution is 2.10. The van der Waals surface area contributed by atoms with Crippen LogP contribution in [-0.4, -0.2) is 24.9 Å². The van der Waals surface area contributed by atoms with Crippen LogP contribution in [0, 0.1) is 0 Å². The zero-order chi connectivity index (χ0) is 12.8. The molecule has 1 aromatic rings. The molecule has 0 radical (unpaired) electrons. The number of nitrogens with one attached hydrogen (secondary N) is 3. The van der Waals surface area contributed by atoms with E-state index in [0.29, 0.717) is 5.56 Å². The van der Waals surface area contributed by atoms with Crippen LogP contribution < -0.4 is 16.2 Å². The molecule has 5 nitrogen and oxygen atoms in total. The van der Waals surface area contributed by atoms with Crippen LogP contribution in [0.15, 0.2) is 28.7 Å². The van der Waals surface area contributed by atoms with Crippen molar-refractivity contribution in [1.29, 1.82) is 0 Å². The van der Waals surface area contributed by atoms with E-state index in [1.165, 1.54) is 0 Å². The van der Waals surface area contributed by atoms with E-state index < -0.39 is 6.04 Å². The Balaban J connectivity index is 2.60. The summed E-state index contributed by atoms with van der Waals surface area (Å²) in [4.78, 5) is 23.1. The summed E-state index contributed by atoms with van der Waals surface area (Å²) in [5.41, 5.74) is 5.42. The number of halogens is 1. The van der Waals surface area contributed by atoms with E-state index in [4.69, 9.17) is 0 Å². The maximum Gasteiger partial charge on any atom is 0.256 e. The van der Waals surface area contributed by atoms with E-state index in [0.717, 1.165) is 4.47 Å². The number of carbonyl (C=O) groups excluding carboxylic acids is 2. The molecular weight excluding hydrogens is 286 g/mol. The fourth-order valence-electron chi connectivity index (χ4n) is 1.18. The Bertz CT molecular complexity index is 406. The fourth-order valence-corrected chi connectivity index (χ4v) is 1.44. The van der Waals surface area contributed by atoms with E-state index in [1.54, 1.807) is 38.2 Å². The van der Waals surface area contributed by atoms with Gasteiger partial charge in [-0.15, -0.1) is 0 Å². The number of hydrogen-bond acceptors (Lipinski definition) is 3. The molecule has 0 aliphatic rings. The van der Waals surface area contributed by atoms with Gasteiger partial charge in [0.05, 0.1) is 0 Å². The Hall–Kier alpha value is -1.40. The molecule has 0 aliphatic heterocycles. The van der Waals surface area contributed by atoms with Gasteiger partial charge >= 0.3 is 0 Å². The lowest BCUT2D eigenvalue weighted by Crippen LogP contribution is -2.48. The third-order valence-corrected chi connectivity index (χ3v) is 2.62. The second-order valence-electron chi connectivity index (χ2n) is 3.44. The lowest BCUT2D eigenvalue weighted by molar-refractivity contribution is -0.123. The van der Waals surface area contributed by atoms with Crippen molar-refractivity contribution in [3.8, 4) is 0 Å². The molecule has 1 atom stereocenters. The first-order valence-corrected chi connectivity index (χ1v) is 5.87. The topological polar surface area (TPSA) is 70.2 Å². The minimum absolute atomic E-state index is 0.281. The molecule has 0 aromatic heterocycles. The van der Waals surface area contributed by atoms with Crippen molar-refractivity contribution >= 4 is 27.7 Å². The van der Waals surface area contributed by atoms with E-state index in [-0.39, 0.29) is 11.8 Å². The normalized spacial score (nSPS) is 11.7. The molecule has 0 aliphatic carbocycles. The van der Waals surface area contributed by atoms with Crippen LogP contribution in [-0.2, 0) is 4.79 Å². The Morgan fingerprint density at radius 2 is 1.82 bits per heavy atom. The van der Waals surface area contributed by atoms with Gasteiger partial charge in [-0.25, -0.2) is 5.43 Å². The average Bonchev–Trinajstić information content (AvgIpc) is 2.30. The van der Waals surface area contributed by atoms with Crippen LogP contribution >= 0.6 is 15.9 Å². The van der Waals surface area contributed by atoms with Crippen molar-refractivity contribution < 1.29 is 9.59 Å². The predicted molar refractivity (Wildman–Crippen MR) is 68.3 cm³/mol. The number of rotatable bonds is 4. The quantitative estimate of drug-likeness (QED) is 0.721. The number of benzene rings is 1. The summed E-state index contributed by atoms with van der Waals surface area (Å²) in [5, 5.41) is 2.59. The number of carbonyl (C=O) groups is 2. The van der Waals surface area contributed by atoms with Crippen LogP contribution in [0.1, 0.15) is 17.3 Å². The van der Waals surface area contributed by atoms with Gasteiger partial charge in [0.15, 0.2) is 0 Å². The molecular formula is C11H14BrN3O2. The minimum Gasteiger partial charge on any atom is -0.340 e. The summed E-state index contributed by atoms with van der Waals surface area (Å²) in [6, 6.07) is 6.31. The minimum atomic E-state index is -0.599. The lowest BCUT2D eigenvalue weighted by Gasteiger charge is -2.13. The van der Waals surface area contributed by atoms with Gasteiger partial charge in [-0.3, -0.25) is 15.0 Å². The van der Waals surface area contributed by atoms with Gasteiger partial charge in [0.2, 0.25) is 0 Å². The molecule has 0 saturated heterocycles. The van der Waals surface area contributed by atoms with Gasteiger partial charge in [-0.05, 0) is 31.2 Å². The zero-order valence-electron chi connectivity index (χ0n) is 9.58. The van der Waals surface area contributed by atoms with Crippen molar-refractivity contribution in [3.63, 3.8) is 0 Å². The van der Waals surface area contributed by atoms with E-state index >= 15 is 0 Å². The van der Waals surface area contributed by atoms with Crippen molar-refractivity contribution in [2.45, 2.75) is 13.0 Å². The molecule has 0 heterocycles. The van der Waals surface area contributed by atoms with Crippen LogP contribution in [0.4, 0.5) is 0 Å². The fraction of sp³-hybridized carbons (Fsp3) is 0.273.